The Kier molecular flexibility index (Phi) is 4.03. The van der Waals surface area contributed by atoms with Crippen molar-refractivity contribution in [3.63, 3.8) is 0 Å². The SMILES string of the molecule is O=S(=O)(CCC1CC1)NCc1ccc(-c2ncn[nH]2)cc1. The molecule has 1 fully saturated rings. The number of benzene rings is 1. The fraction of sp³-hybridized carbons (Fsp3) is 0.429. The van der Waals surface area contributed by atoms with Gasteiger partial charge < -0.3 is 0 Å². The fourth-order valence-corrected chi connectivity index (χ4v) is 3.29. The number of sulfonamides is 1. The monoisotopic (exact) mass is 306 g/mol. The lowest BCUT2D eigenvalue weighted by Gasteiger charge is -2.07. The molecule has 0 aliphatic heterocycles. The van der Waals surface area contributed by atoms with Crippen molar-refractivity contribution in [2.24, 2.45) is 5.92 Å². The van der Waals surface area contributed by atoms with E-state index in [0.29, 0.717) is 18.3 Å². The highest BCUT2D eigenvalue weighted by Crippen LogP contribution is 2.32. The van der Waals surface area contributed by atoms with Gasteiger partial charge in [0.2, 0.25) is 10.0 Å². The van der Waals surface area contributed by atoms with Crippen LogP contribution < -0.4 is 4.72 Å². The van der Waals surface area contributed by atoms with Crippen LogP contribution in [0.15, 0.2) is 30.6 Å². The molecule has 0 radical (unpaired) electrons. The Labute approximate surface area is 124 Å². The Morgan fingerprint density at radius 3 is 2.62 bits per heavy atom. The highest BCUT2D eigenvalue weighted by Gasteiger charge is 2.23. The highest BCUT2D eigenvalue weighted by molar-refractivity contribution is 7.89. The van der Waals surface area contributed by atoms with Gasteiger partial charge in [0.05, 0.1) is 5.75 Å². The first kappa shape index (κ1) is 14.2. The Balaban J connectivity index is 1.55. The molecule has 2 N–H and O–H groups in total. The third-order valence-electron chi connectivity index (χ3n) is 3.63. The molecule has 21 heavy (non-hydrogen) atoms. The largest absolute Gasteiger partial charge is 0.259 e. The van der Waals surface area contributed by atoms with Crippen LogP contribution in [0.1, 0.15) is 24.8 Å². The van der Waals surface area contributed by atoms with E-state index in [1.165, 1.54) is 19.2 Å². The van der Waals surface area contributed by atoms with E-state index < -0.39 is 10.0 Å². The van der Waals surface area contributed by atoms with E-state index in [9.17, 15) is 8.42 Å². The van der Waals surface area contributed by atoms with Gasteiger partial charge in [0, 0.05) is 12.1 Å². The summed E-state index contributed by atoms with van der Waals surface area (Å²) in [6.07, 6.45) is 4.59. The molecule has 0 amide bonds. The van der Waals surface area contributed by atoms with Crippen LogP contribution in [-0.2, 0) is 16.6 Å². The number of hydrogen-bond acceptors (Lipinski definition) is 4. The van der Waals surface area contributed by atoms with Gasteiger partial charge in [-0.3, -0.25) is 5.10 Å². The fourth-order valence-electron chi connectivity index (χ4n) is 2.12. The first-order valence-corrected chi connectivity index (χ1v) is 8.70. The molecule has 1 saturated carbocycles. The molecule has 112 valence electrons. The number of H-pyrrole nitrogens is 1. The molecule has 1 aromatic carbocycles. The number of hydrogen-bond donors (Lipinski definition) is 2. The summed E-state index contributed by atoms with van der Waals surface area (Å²) < 4.78 is 26.4. The third-order valence-corrected chi connectivity index (χ3v) is 4.99. The molecule has 0 atom stereocenters. The van der Waals surface area contributed by atoms with Gasteiger partial charge in [-0.15, -0.1) is 0 Å². The number of aromatic nitrogens is 3. The second kappa shape index (κ2) is 5.95. The summed E-state index contributed by atoms with van der Waals surface area (Å²) in [5.74, 6) is 1.56. The highest BCUT2D eigenvalue weighted by atomic mass is 32.2. The van der Waals surface area contributed by atoms with Crippen molar-refractivity contribution in [3.8, 4) is 11.4 Å². The molecule has 3 rings (SSSR count). The van der Waals surface area contributed by atoms with Crippen LogP contribution in [0, 0.1) is 5.92 Å². The standard InChI is InChI=1S/C14H18N4O2S/c19-21(20,8-7-11-1-2-11)17-9-12-3-5-13(6-4-12)14-15-10-16-18-14/h3-6,10-11,17H,1-2,7-9H2,(H,15,16,18). The molecule has 0 unspecified atom stereocenters. The van der Waals surface area contributed by atoms with Crippen molar-refractivity contribution in [1.29, 1.82) is 0 Å². The molecule has 1 heterocycles. The van der Waals surface area contributed by atoms with Crippen LogP contribution in [0.4, 0.5) is 0 Å². The summed E-state index contributed by atoms with van der Waals surface area (Å²) in [5, 5.41) is 6.59. The van der Waals surface area contributed by atoms with Gasteiger partial charge in [0.15, 0.2) is 5.82 Å². The van der Waals surface area contributed by atoms with Gasteiger partial charge in [-0.2, -0.15) is 5.10 Å². The van der Waals surface area contributed by atoms with Gasteiger partial charge in [-0.05, 0) is 17.9 Å². The molecule has 1 aromatic heterocycles. The van der Waals surface area contributed by atoms with Crippen molar-refractivity contribution < 1.29 is 8.42 Å². The first-order chi connectivity index (χ1) is 10.1. The second-order valence-corrected chi connectivity index (χ2v) is 7.33. The maximum absolute atomic E-state index is 11.9. The van der Waals surface area contributed by atoms with Crippen LogP contribution in [0.25, 0.3) is 11.4 Å². The average molecular weight is 306 g/mol. The number of aromatic amines is 1. The molecular formula is C14H18N4O2S. The normalized spacial score (nSPS) is 15.2. The average Bonchev–Trinajstić information content (AvgIpc) is 3.16. The molecule has 0 bridgehead atoms. The minimum Gasteiger partial charge on any atom is -0.259 e. The Hall–Kier alpha value is -1.73. The van der Waals surface area contributed by atoms with E-state index in [0.717, 1.165) is 17.5 Å². The van der Waals surface area contributed by atoms with E-state index in [4.69, 9.17) is 0 Å². The van der Waals surface area contributed by atoms with Crippen LogP contribution in [0.5, 0.6) is 0 Å². The van der Waals surface area contributed by atoms with Gasteiger partial charge in [-0.1, -0.05) is 37.1 Å². The van der Waals surface area contributed by atoms with E-state index in [1.807, 2.05) is 24.3 Å². The van der Waals surface area contributed by atoms with Gasteiger partial charge in [-0.25, -0.2) is 18.1 Å². The maximum Gasteiger partial charge on any atom is 0.211 e. The molecule has 0 spiro atoms. The quantitative estimate of drug-likeness (QED) is 0.815. The summed E-state index contributed by atoms with van der Waals surface area (Å²) in [4.78, 5) is 4.07. The first-order valence-electron chi connectivity index (χ1n) is 7.04. The smallest absolute Gasteiger partial charge is 0.211 e. The predicted octanol–water partition coefficient (Wildman–Crippen LogP) is 1.69. The van der Waals surface area contributed by atoms with Crippen LogP contribution in [0.3, 0.4) is 0 Å². The third kappa shape index (κ3) is 4.12. The van der Waals surface area contributed by atoms with Crippen molar-refractivity contribution in [2.45, 2.75) is 25.8 Å². The minimum atomic E-state index is -3.17. The Morgan fingerprint density at radius 1 is 1.24 bits per heavy atom. The van der Waals surface area contributed by atoms with E-state index in [1.54, 1.807) is 0 Å². The molecule has 1 aliphatic carbocycles. The van der Waals surface area contributed by atoms with Crippen molar-refractivity contribution in [1.82, 2.24) is 19.9 Å². The summed E-state index contributed by atoms with van der Waals surface area (Å²) in [5.41, 5.74) is 1.85. The second-order valence-electron chi connectivity index (χ2n) is 5.40. The van der Waals surface area contributed by atoms with Crippen LogP contribution in [0.2, 0.25) is 0 Å². The summed E-state index contributed by atoms with van der Waals surface area (Å²) in [6, 6.07) is 7.57. The topological polar surface area (TPSA) is 87.7 Å². The maximum atomic E-state index is 11.9. The molecule has 1 aliphatic rings. The van der Waals surface area contributed by atoms with Crippen molar-refractivity contribution in [2.75, 3.05) is 5.75 Å². The lowest BCUT2D eigenvalue weighted by molar-refractivity contribution is 0.575. The lowest BCUT2D eigenvalue weighted by atomic mass is 10.1. The number of rotatable bonds is 7. The van der Waals surface area contributed by atoms with Gasteiger partial charge >= 0.3 is 0 Å². The summed E-state index contributed by atoms with van der Waals surface area (Å²) >= 11 is 0. The Bertz CT molecular complexity index is 676. The zero-order chi connectivity index (χ0) is 14.7. The number of nitrogens with zero attached hydrogens (tertiary/aromatic N) is 2. The van der Waals surface area contributed by atoms with Crippen LogP contribution >= 0.6 is 0 Å². The van der Waals surface area contributed by atoms with E-state index >= 15 is 0 Å². The van der Waals surface area contributed by atoms with E-state index in [2.05, 4.69) is 19.9 Å². The van der Waals surface area contributed by atoms with Crippen molar-refractivity contribution in [3.05, 3.63) is 36.2 Å². The van der Waals surface area contributed by atoms with Gasteiger partial charge in [0.1, 0.15) is 6.33 Å². The van der Waals surface area contributed by atoms with Crippen LogP contribution in [-0.4, -0.2) is 29.4 Å². The summed E-state index contributed by atoms with van der Waals surface area (Å²) in [6.45, 7) is 0.323. The van der Waals surface area contributed by atoms with Gasteiger partial charge in [0.25, 0.3) is 0 Å². The molecule has 2 aromatic rings. The molecular weight excluding hydrogens is 288 g/mol. The van der Waals surface area contributed by atoms with E-state index in [-0.39, 0.29) is 5.75 Å². The molecule has 0 saturated heterocycles. The Morgan fingerprint density at radius 2 is 2.00 bits per heavy atom. The minimum absolute atomic E-state index is 0.230. The zero-order valence-electron chi connectivity index (χ0n) is 11.6. The summed E-state index contributed by atoms with van der Waals surface area (Å²) in [7, 11) is -3.17. The zero-order valence-corrected chi connectivity index (χ0v) is 12.4. The lowest BCUT2D eigenvalue weighted by Crippen LogP contribution is -2.26. The molecule has 7 heteroatoms. The molecule has 6 nitrogen and oxygen atoms in total. The number of nitrogens with one attached hydrogen (secondary N) is 2. The van der Waals surface area contributed by atoms with Crippen molar-refractivity contribution >= 4 is 10.0 Å². The predicted molar refractivity (Wildman–Crippen MR) is 79.8 cm³/mol.